The Morgan fingerprint density at radius 1 is 1.23 bits per heavy atom. The highest BCUT2D eigenvalue weighted by molar-refractivity contribution is 6.31. The van der Waals surface area contributed by atoms with Crippen LogP contribution in [0.2, 0.25) is 5.02 Å². The van der Waals surface area contributed by atoms with Crippen LogP contribution < -0.4 is 5.32 Å². The Morgan fingerprint density at radius 2 is 2.00 bits per heavy atom. The van der Waals surface area contributed by atoms with Crippen LogP contribution in [-0.4, -0.2) is 38.0 Å². The number of amides is 2. The van der Waals surface area contributed by atoms with Crippen molar-refractivity contribution >= 4 is 23.4 Å². The molecule has 0 bridgehead atoms. The van der Waals surface area contributed by atoms with Gasteiger partial charge in [0.25, 0.3) is 0 Å². The Morgan fingerprint density at radius 3 is 2.70 bits per heavy atom. The number of hydrogen-bond donors (Lipinski definition) is 1. The lowest BCUT2D eigenvalue weighted by Crippen LogP contribution is -2.34. The van der Waals surface area contributed by atoms with E-state index in [-0.39, 0.29) is 30.2 Å². The number of nitrogens with zero attached hydrogens (tertiary/aromatic N) is 4. The standard InChI is InChI=1S/C22H22ClN5O2/c1-15(16-6-8-19(9-7-16)28-14-24-13-25-28)26-22(30)18-10-21(29)27(12-18)11-17-4-2-3-5-20(17)23/h2-9,13-15,18H,10-12H2,1H3,(H,26,30)/t15-,18+/m0/s1. The largest absolute Gasteiger partial charge is 0.349 e. The molecule has 1 N–H and O–H groups in total. The minimum absolute atomic E-state index is 0.0279. The lowest BCUT2D eigenvalue weighted by molar-refractivity contribution is -0.129. The van der Waals surface area contributed by atoms with Crippen LogP contribution in [0.15, 0.2) is 61.2 Å². The first kappa shape index (κ1) is 20.1. The average Bonchev–Trinajstić information content (AvgIpc) is 3.40. The number of likely N-dealkylation sites (tertiary alicyclic amines) is 1. The summed E-state index contributed by atoms with van der Waals surface area (Å²) in [6, 6.07) is 15.0. The number of benzene rings is 2. The van der Waals surface area contributed by atoms with Crippen molar-refractivity contribution in [2.24, 2.45) is 5.92 Å². The molecule has 0 saturated carbocycles. The van der Waals surface area contributed by atoms with E-state index in [2.05, 4.69) is 15.4 Å². The maximum absolute atomic E-state index is 12.8. The predicted octanol–water partition coefficient (Wildman–Crippen LogP) is 3.15. The molecular weight excluding hydrogens is 402 g/mol. The van der Waals surface area contributed by atoms with E-state index in [1.54, 1.807) is 22.0 Å². The lowest BCUT2D eigenvalue weighted by atomic mass is 10.0. The van der Waals surface area contributed by atoms with Crippen LogP contribution >= 0.6 is 11.6 Å². The number of carbonyl (C=O) groups excluding carboxylic acids is 2. The van der Waals surface area contributed by atoms with Crippen LogP contribution in [-0.2, 0) is 16.1 Å². The summed E-state index contributed by atoms with van der Waals surface area (Å²) in [6.07, 6.45) is 3.33. The molecule has 1 fully saturated rings. The first-order valence-electron chi connectivity index (χ1n) is 9.78. The van der Waals surface area contributed by atoms with E-state index in [0.717, 1.165) is 16.8 Å². The van der Waals surface area contributed by atoms with Crippen molar-refractivity contribution < 1.29 is 9.59 Å². The van der Waals surface area contributed by atoms with Gasteiger partial charge in [-0.2, -0.15) is 5.10 Å². The molecule has 2 amide bonds. The number of hydrogen-bond acceptors (Lipinski definition) is 4. The van der Waals surface area contributed by atoms with Crippen molar-refractivity contribution in [1.82, 2.24) is 25.0 Å². The number of halogens is 1. The maximum Gasteiger partial charge on any atom is 0.225 e. The summed E-state index contributed by atoms with van der Waals surface area (Å²) in [5.41, 5.74) is 2.75. The van der Waals surface area contributed by atoms with Crippen LogP contribution in [0.3, 0.4) is 0 Å². The third kappa shape index (κ3) is 4.36. The Bertz CT molecular complexity index is 1040. The Kier molecular flexibility index (Phi) is 5.81. The molecule has 0 unspecified atom stereocenters. The number of aromatic nitrogens is 3. The molecule has 7 nitrogen and oxygen atoms in total. The monoisotopic (exact) mass is 423 g/mol. The smallest absolute Gasteiger partial charge is 0.225 e. The summed E-state index contributed by atoms with van der Waals surface area (Å²) in [4.78, 5) is 30.8. The fourth-order valence-corrected chi connectivity index (χ4v) is 3.80. The highest BCUT2D eigenvalue weighted by Gasteiger charge is 2.34. The molecule has 30 heavy (non-hydrogen) atoms. The van der Waals surface area contributed by atoms with Gasteiger partial charge in [0, 0.05) is 24.5 Å². The second kappa shape index (κ2) is 8.67. The fourth-order valence-electron chi connectivity index (χ4n) is 3.60. The first-order chi connectivity index (χ1) is 14.5. The van der Waals surface area contributed by atoms with Crippen molar-refractivity contribution in [2.75, 3.05) is 6.54 Å². The Hall–Kier alpha value is -3.19. The van der Waals surface area contributed by atoms with Gasteiger partial charge in [0.15, 0.2) is 0 Å². The zero-order valence-electron chi connectivity index (χ0n) is 16.5. The van der Waals surface area contributed by atoms with E-state index in [9.17, 15) is 9.59 Å². The molecule has 1 aromatic heterocycles. The molecule has 8 heteroatoms. The molecule has 154 valence electrons. The minimum atomic E-state index is -0.364. The number of rotatable bonds is 6. The maximum atomic E-state index is 12.8. The van der Waals surface area contributed by atoms with Crippen LogP contribution in [0.5, 0.6) is 0 Å². The second-order valence-electron chi connectivity index (χ2n) is 7.43. The molecule has 2 atom stereocenters. The van der Waals surface area contributed by atoms with E-state index >= 15 is 0 Å². The number of carbonyl (C=O) groups is 2. The molecule has 2 aromatic carbocycles. The average molecular weight is 424 g/mol. The van der Waals surface area contributed by atoms with E-state index in [1.165, 1.54) is 6.33 Å². The van der Waals surface area contributed by atoms with Crippen molar-refractivity contribution in [3.63, 3.8) is 0 Å². The topological polar surface area (TPSA) is 80.1 Å². The summed E-state index contributed by atoms with van der Waals surface area (Å²) >= 11 is 6.20. The zero-order chi connectivity index (χ0) is 21.1. The number of nitrogens with one attached hydrogen (secondary N) is 1. The Labute approximate surface area is 179 Å². The van der Waals surface area contributed by atoms with Gasteiger partial charge in [-0.05, 0) is 36.2 Å². The Balaban J connectivity index is 1.35. The molecule has 1 saturated heterocycles. The van der Waals surface area contributed by atoms with E-state index in [1.807, 2.05) is 49.4 Å². The summed E-state index contributed by atoms with van der Waals surface area (Å²) in [5.74, 6) is -0.505. The SMILES string of the molecule is C[C@H](NC(=O)[C@@H]1CC(=O)N(Cc2ccccc2Cl)C1)c1ccc(-n2cncn2)cc1. The summed E-state index contributed by atoms with van der Waals surface area (Å²) in [5, 5.41) is 7.76. The van der Waals surface area contributed by atoms with Crippen LogP contribution in [0.1, 0.15) is 30.5 Å². The third-order valence-corrected chi connectivity index (χ3v) is 5.71. The molecule has 0 aliphatic carbocycles. The summed E-state index contributed by atoms with van der Waals surface area (Å²) < 4.78 is 1.67. The van der Waals surface area contributed by atoms with Crippen LogP contribution in [0.4, 0.5) is 0 Å². The van der Waals surface area contributed by atoms with Gasteiger partial charge in [0.1, 0.15) is 12.7 Å². The third-order valence-electron chi connectivity index (χ3n) is 5.34. The van der Waals surface area contributed by atoms with Gasteiger partial charge < -0.3 is 10.2 Å². The van der Waals surface area contributed by atoms with Gasteiger partial charge in [-0.3, -0.25) is 9.59 Å². The van der Waals surface area contributed by atoms with Crippen LogP contribution in [0.25, 0.3) is 5.69 Å². The van der Waals surface area contributed by atoms with Gasteiger partial charge in [0.2, 0.25) is 11.8 Å². The minimum Gasteiger partial charge on any atom is -0.349 e. The van der Waals surface area contributed by atoms with E-state index < -0.39 is 0 Å². The quantitative estimate of drug-likeness (QED) is 0.660. The van der Waals surface area contributed by atoms with E-state index in [4.69, 9.17) is 11.6 Å². The normalized spacial score (nSPS) is 17.2. The van der Waals surface area contributed by atoms with Gasteiger partial charge in [0.05, 0.1) is 17.6 Å². The molecule has 2 heterocycles. The van der Waals surface area contributed by atoms with Crippen molar-refractivity contribution in [3.05, 3.63) is 77.3 Å². The fraction of sp³-hybridized carbons (Fsp3) is 0.273. The van der Waals surface area contributed by atoms with Gasteiger partial charge >= 0.3 is 0 Å². The predicted molar refractivity (Wildman–Crippen MR) is 113 cm³/mol. The molecule has 0 spiro atoms. The highest BCUT2D eigenvalue weighted by Crippen LogP contribution is 2.24. The molecule has 1 aliphatic rings. The van der Waals surface area contributed by atoms with Gasteiger partial charge in [-0.1, -0.05) is 41.9 Å². The van der Waals surface area contributed by atoms with Crippen molar-refractivity contribution in [3.8, 4) is 5.69 Å². The molecular formula is C22H22ClN5O2. The summed E-state index contributed by atoms with van der Waals surface area (Å²) in [6.45, 7) is 2.75. The summed E-state index contributed by atoms with van der Waals surface area (Å²) in [7, 11) is 0. The van der Waals surface area contributed by atoms with Crippen LogP contribution in [0, 0.1) is 5.92 Å². The highest BCUT2D eigenvalue weighted by atomic mass is 35.5. The van der Waals surface area contributed by atoms with Gasteiger partial charge in [-0.15, -0.1) is 0 Å². The van der Waals surface area contributed by atoms with Crippen molar-refractivity contribution in [2.45, 2.75) is 25.9 Å². The zero-order valence-corrected chi connectivity index (χ0v) is 17.3. The molecule has 0 radical (unpaired) electrons. The van der Waals surface area contributed by atoms with Crippen molar-refractivity contribution in [1.29, 1.82) is 0 Å². The second-order valence-corrected chi connectivity index (χ2v) is 7.84. The molecule has 1 aliphatic heterocycles. The molecule has 4 rings (SSSR count). The first-order valence-corrected chi connectivity index (χ1v) is 10.2. The lowest BCUT2D eigenvalue weighted by Gasteiger charge is -2.19. The van der Waals surface area contributed by atoms with E-state index in [0.29, 0.717) is 18.1 Å². The molecule has 3 aromatic rings. The van der Waals surface area contributed by atoms with Gasteiger partial charge in [-0.25, -0.2) is 9.67 Å².